The number of pyridine rings is 1. The number of aromatic nitrogens is 2. The van der Waals surface area contributed by atoms with Gasteiger partial charge in [-0.05, 0) is 31.4 Å². The smallest absolute Gasteiger partial charge is 0.168 e. The summed E-state index contributed by atoms with van der Waals surface area (Å²) in [7, 11) is 0. The molecule has 82 valence electrons. The number of imidazole rings is 1. The van der Waals surface area contributed by atoms with Gasteiger partial charge in [0.2, 0.25) is 0 Å². The number of fused-ring (bicyclic) bond motifs is 1. The van der Waals surface area contributed by atoms with Crippen LogP contribution in [-0.2, 0) is 0 Å². The number of carbonyl (C=O) groups is 1. The predicted octanol–water partition coefficient (Wildman–Crippen LogP) is 2.72. The van der Waals surface area contributed by atoms with Crippen LogP contribution >= 0.6 is 0 Å². The van der Waals surface area contributed by atoms with Crippen LogP contribution in [-0.4, -0.2) is 15.7 Å². The normalized spacial score (nSPS) is 16.3. The van der Waals surface area contributed by atoms with Crippen molar-refractivity contribution < 1.29 is 4.79 Å². The van der Waals surface area contributed by atoms with Crippen molar-refractivity contribution in [3.63, 3.8) is 0 Å². The molecule has 3 heteroatoms. The van der Waals surface area contributed by atoms with Gasteiger partial charge in [0.25, 0.3) is 0 Å². The first kappa shape index (κ1) is 9.58. The molecule has 3 rings (SSSR count). The predicted molar refractivity (Wildman–Crippen MR) is 61.9 cm³/mol. The van der Waals surface area contributed by atoms with Crippen molar-refractivity contribution in [3.8, 4) is 0 Å². The lowest BCUT2D eigenvalue weighted by Crippen LogP contribution is -2.11. The zero-order chi connectivity index (χ0) is 11.1. The number of hydrogen-bond donors (Lipinski definition) is 0. The van der Waals surface area contributed by atoms with Crippen molar-refractivity contribution in [2.24, 2.45) is 0 Å². The molecule has 16 heavy (non-hydrogen) atoms. The van der Waals surface area contributed by atoms with Crippen LogP contribution < -0.4 is 0 Å². The van der Waals surface area contributed by atoms with Crippen molar-refractivity contribution >= 4 is 11.9 Å². The molecule has 0 radical (unpaired) electrons. The molecule has 1 aliphatic rings. The van der Waals surface area contributed by atoms with Crippen LogP contribution in [0.2, 0.25) is 0 Å². The molecule has 2 aromatic rings. The van der Waals surface area contributed by atoms with Crippen molar-refractivity contribution in [3.05, 3.63) is 35.3 Å². The molecule has 0 aliphatic heterocycles. The van der Waals surface area contributed by atoms with Gasteiger partial charge < -0.3 is 0 Å². The van der Waals surface area contributed by atoms with E-state index in [1.54, 1.807) is 0 Å². The van der Waals surface area contributed by atoms with E-state index in [4.69, 9.17) is 0 Å². The van der Waals surface area contributed by atoms with E-state index in [1.165, 1.54) is 19.3 Å². The molecule has 0 aromatic carbocycles. The van der Waals surface area contributed by atoms with Crippen LogP contribution in [0.3, 0.4) is 0 Å². The summed E-state index contributed by atoms with van der Waals surface area (Å²) in [4.78, 5) is 15.8. The third-order valence-corrected chi connectivity index (χ3v) is 3.51. The Balaban J connectivity index is 2.27. The van der Waals surface area contributed by atoms with E-state index in [0.29, 0.717) is 5.92 Å². The zero-order valence-electron chi connectivity index (χ0n) is 9.31. The Kier molecular flexibility index (Phi) is 2.06. The second kappa shape index (κ2) is 3.44. The molecule has 1 fully saturated rings. The third-order valence-electron chi connectivity index (χ3n) is 3.51. The summed E-state index contributed by atoms with van der Waals surface area (Å²) in [6.07, 6.45) is 6.46. The van der Waals surface area contributed by atoms with E-state index in [-0.39, 0.29) is 0 Å². The fourth-order valence-electron chi connectivity index (χ4n) is 2.34. The van der Waals surface area contributed by atoms with Gasteiger partial charge in [-0.3, -0.25) is 9.20 Å². The van der Waals surface area contributed by atoms with Crippen LogP contribution in [0.1, 0.15) is 46.9 Å². The van der Waals surface area contributed by atoms with Gasteiger partial charge in [0.05, 0.1) is 5.69 Å². The number of rotatable bonds is 2. The minimum atomic E-state index is 0.500. The summed E-state index contributed by atoms with van der Waals surface area (Å²) in [6, 6.07) is 3.99. The molecule has 0 N–H and O–H groups in total. The Labute approximate surface area is 94.1 Å². The number of aldehydes is 1. The zero-order valence-corrected chi connectivity index (χ0v) is 9.31. The maximum absolute atomic E-state index is 11.2. The molecule has 0 bridgehead atoms. The first-order chi connectivity index (χ1) is 7.81. The van der Waals surface area contributed by atoms with E-state index in [2.05, 4.69) is 4.98 Å². The van der Waals surface area contributed by atoms with Gasteiger partial charge in [0.15, 0.2) is 6.29 Å². The maximum Gasteiger partial charge on any atom is 0.168 e. The lowest BCUT2D eigenvalue weighted by molar-refractivity contribution is 0.111. The molecule has 0 unspecified atom stereocenters. The average molecular weight is 214 g/mol. The van der Waals surface area contributed by atoms with Crippen LogP contribution in [0, 0.1) is 6.92 Å². The van der Waals surface area contributed by atoms with Crippen LogP contribution in [0.4, 0.5) is 0 Å². The fraction of sp³-hybridized carbons (Fsp3) is 0.385. The number of aryl methyl sites for hydroxylation is 1. The van der Waals surface area contributed by atoms with Gasteiger partial charge in [-0.1, -0.05) is 12.5 Å². The highest BCUT2D eigenvalue weighted by Gasteiger charge is 2.26. The highest BCUT2D eigenvalue weighted by Crippen LogP contribution is 2.37. The van der Waals surface area contributed by atoms with Gasteiger partial charge in [-0.15, -0.1) is 0 Å². The van der Waals surface area contributed by atoms with Crippen molar-refractivity contribution in [1.82, 2.24) is 9.38 Å². The topological polar surface area (TPSA) is 34.4 Å². The Bertz CT molecular complexity index is 552. The Morgan fingerprint density at radius 1 is 1.50 bits per heavy atom. The second-order valence-corrected chi connectivity index (χ2v) is 4.51. The molecule has 2 heterocycles. The standard InChI is InChI=1S/C13H14N2O/c1-9-4-3-7-15-11(8-16)12(14-13(9)15)10-5-2-6-10/h3-4,7-8,10H,2,5-6H2,1H3. The molecule has 0 amide bonds. The largest absolute Gasteiger partial charge is 0.297 e. The van der Waals surface area contributed by atoms with Gasteiger partial charge in [-0.25, -0.2) is 4.98 Å². The lowest BCUT2D eigenvalue weighted by atomic mass is 9.82. The minimum absolute atomic E-state index is 0.500. The molecule has 1 saturated carbocycles. The van der Waals surface area contributed by atoms with Crippen LogP contribution in [0.15, 0.2) is 18.3 Å². The van der Waals surface area contributed by atoms with E-state index >= 15 is 0 Å². The summed E-state index contributed by atoms with van der Waals surface area (Å²) >= 11 is 0. The molecular weight excluding hydrogens is 200 g/mol. The summed E-state index contributed by atoms with van der Waals surface area (Å²) in [5.74, 6) is 0.500. The lowest BCUT2D eigenvalue weighted by Gasteiger charge is -2.23. The van der Waals surface area contributed by atoms with Crippen molar-refractivity contribution in [2.45, 2.75) is 32.1 Å². The second-order valence-electron chi connectivity index (χ2n) is 4.51. The minimum Gasteiger partial charge on any atom is -0.297 e. The Hall–Kier alpha value is -1.64. The molecule has 1 aliphatic carbocycles. The number of hydrogen-bond acceptors (Lipinski definition) is 2. The van der Waals surface area contributed by atoms with Crippen LogP contribution in [0.5, 0.6) is 0 Å². The summed E-state index contributed by atoms with van der Waals surface area (Å²) in [6.45, 7) is 2.03. The molecular formula is C13H14N2O. The first-order valence-electron chi connectivity index (χ1n) is 5.74. The van der Waals surface area contributed by atoms with Gasteiger partial charge in [0, 0.05) is 12.1 Å². The van der Waals surface area contributed by atoms with Gasteiger partial charge in [0.1, 0.15) is 11.3 Å². The van der Waals surface area contributed by atoms with E-state index in [1.807, 2.05) is 29.7 Å². The quantitative estimate of drug-likeness (QED) is 0.720. The summed E-state index contributed by atoms with van der Waals surface area (Å²) in [5.41, 5.74) is 3.78. The molecule has 0 spiro atoms. The van der Waals surface area contributed by atoms with E-state index < -0.39 is 0 Å². The van der Waals surface area contributed by atoms with Gasteiger partial charge >= 0.3 is 0 Å². The SMILES string of the molecule is Cc1cccn2c(C=O)c(C3CCC3)nc12. The van der Waals surface area contributed by atoms with Crippen LogP contribution in [0.25, 0.3) is 5.65 Å². The average Bonchev–Trinajstić information content (AvgIpc) is 2.55. The molecule has 3 nitrogen and oxygen atoms in total. The molecule has 2 aromatic heterocycles. The Morgan fingerprint density at radius 3 is 2.94 bits per heavy atom. The Morgan fingerprint density at radius 2 is 2.31 bits per heavy atom. The molecule has 0 saturated heterocycles. The fourth-order valence-corrected chi connectivity index (χ4v) is 2.34. The van der Waals surface area contributed by atoms with E-state index in [0.717, 1.165) is 28.9 Å². The number of nitrogens with zero attached hydrogens (tertiary/aromatic N) is 2. The summed E-state index contributed by atoms with van der Waals surface area (Å²) in [5, 5.41) is 0. The molecule has 0 atom stereocenters. The highest BCUT2D eigenvalue weighted by molar-refractivity contribution is 5.77. The first-order valence-corrected chi connectivity index (χ1v) is 5.74. The maximum atomic E-state index is 11.2. The third kappa shape index (κ3) is 1.21. The number of carbonyl (C=O) groups excluding carboxylic acids is 1. The monoisotopic (exact) mass is 214 g/mol. The van der Waals surface area contributed by atoms with E-state index in [9.17, 15) is 4.79 Å². The van der Waals surface area contributed by atoms with Crippen molar-refractivity contribution in [2.75, 3.05) is 0 Å². The van der Waals surface area contributed by atoms with Gasteiger partial charge in [-0.2, -0.15) is 0 Å². The summed E-state index contributed by atoms with van der Waals surface area (Å²) < 4.78 is 1.91. The van der Waals surface area contributed by atoms with Crippen molar-refractivity contribution in [1.29, 1.82) is 0 Å². The highest BCUT2D eigenvalue weighted by atomic mass is 16.1.